The number of nitrogens with one attached hydrogen (secondary N) is 1. The molecule has 1 saturated carbocycles. The number of carbonyl (C=O) groups excluding carboxylic acids is 2. The summed E-state index contributed by atoms with van der Waals surface area (Å²) in [4.78, 5) is 26.4. The number of benzene rings is 1. The molecule has 0 spiro atoms. The quantitative estimate of drug-likeness (QED) is 0.566. The zero-order chi connectivity index (χ0) is 20.0. The third-order valence-corrected chi connectivity index (χ3v) is 4.93. The summed E-state index contributed by atoms with van der Waals surface area (Å²) in [6, 6.07) is 6.44. The Balaban J connectivity index is 2.14. The molecule has 2 rings (SSSR count). The van der Waals surface area contributed by atoms with E-state index in [2.05, 4.69) is 5.32 Å². The molecule has 0 radical (unpaired) electrons. The van der Waals surface area contributed by atoms with Gasteiger partial charge in [0.2, 0.25) is 9.70 Å². The molecule has 2 amide bonds. The Bertz CT molecular complexity index is 651. The van der Waals surface area contributed by atoms with Gasteiger partial charge in [0.1, 0.15) is 6.61 Å². The van der Waals surface area contributed by atoms with Gasteiger partial charge in [-0.05, 0) is 43.5 Å². The summed E-state index contributed by atoms with van der Waals surface area (Å²) in [6.45, 7) is -0.368. The summed E-state index contributed by atoms with van der Waals surface area (Å²) in [5.74, 6) is 0.0830. The molecule has 0 aromatic heterocycles. The molecule has 0 saturated heterocycles. The number of hydrogen-bond acceptors (Lipinski definition) is 3. The number of amides is 2. The molecular formula is C17H19Cl5N2O3. The number of halogens is 5. The van der Waals surface area contributed by atoms with E-state index in [-0.39, 0.29) is 36.9 Å². The molecule has 1 aliphatic rings. The fourth-order valence-corrected chi connectivity index (χ4v) is 3.53. The highest BCUT2D eigenvalue weighted by molar-refractivity contribution is 6.67. The van der Waals surface area contributed by atoms with Crippen molar-refractivity contribution in [3.8, 4) is 0 Å². The molecule has 2 unspecified atom stereocenters. The van der Waals surface area contributed by atoms with Crippen molar-refractivity contribution in [1.29, 1.82) is 0 Å². The number of nitrogens with zero attached hydrogens (tertiary/aromatic N) is 1. The fraction of sp³-hybridized carbons (Fsp3) is 0.529. The maximum Gasteiger partial charge on any atom is 0.407 e. The van der Waals surface area contributed by atoms with Gasteiger partial charge in [0.05, 0.1) is 12.1 Å². The second kappa shape index (κ2) is 10.3. The average molecular weight is 477 g/mol. The van der Waals surface area contributed by atoms with E-state index in [4.69, 9.17) is 62.7 Å². The predicted molar refractivity (Wildman–Crippen MR) is 110 cm³/mol. The molecule has 1 aromatic rings. The van der Waals surface area contributed by atoms with Crippen molar-refractivity contribution >= 4 is 75.7 Å². The zero-order valence-electron chi connectivity index (χ0n) is 14.3. The van der Waals surface area contributed by atoms with Crippen molar-refractivity contribution in [3.63, 3.8) is 0 Å². The highest BCUT2D eigenvalue weighted by Gasteiger charge is 2.37. The van der Waals surface area contributed by atoms with Gasteiger partial charge < -0.3 is 15.0 Å². The van der Waals surface area contributed by atoms with Gasteiger partial charge in [-0.2, -0.15) is 0 Å². The van der Waals surface area contributed by atoms with Crippen molar-refractivity contribution in [2.45, 2.75) is 41.6 Å². The van der Waals surface area contributed by atoms with Gasteiger partial charge >= 0.3 is 6.09 Å². The minimum Gasteiger partial charge on any atom is -0.445 e. The van der Waals surface area contributed by atoms with Crippen molar-refractivity contribution in [3.05, 3.63) is 29.3 Å². The van der Waals surface area contributed by atoms with Gasteiger partial charge in [-0.3, -0.25) is 4.79 Å². The number of anilines is 1. The van der Waals surface area contributed by atoms with E-state index < -0.39 is 9.89 Å². The van der Waals surface area contributed by atoms with Crippen LogP contribution in [0.2, 0.25) is 5.02 Å². The monoisotopic (exact) mass is 474 g/mol. The number of ether oxygens (including phenoxy) is 1. The third-order valence-electron chi connectivity index (χ3n) is 4.16. The highest BCUT2D eigenvalue weighted by atomic mass is 35.6. The summed E-state index contributed by atoms with van der Waals surface area (Å²) in [5, 5.41) is 3.34. The minimum atomic E-state index is -1.68. The molecule has 0 aliphatic heterocycles. The van der Waals surface area contributed by atoms with Crippen LogP contribution in [0.25, 0.3) is 0 Å². The van der Waals surface area contributed by atoms with Gasteiger partial charge in [0.15, 0.2) is 0 Å². The molecule has 1 N–H and O–H groups in total. The molecule has 1 aromatic carbocycles. The maximum atomic E-state index is 12.7. The van der Waals surface area contributed by atoms with Crippen molar-refractivity contribution in [1.82, 2.24) is 5.32 Å². The van der Waals surface area contributed by atoms with Gasteiger partial charge in [0.25, 0.3) is 0 Å². The molecule has 1 aliphatic carbocycles. The molecule has 1 fully saturated rings. The molecule has 150 valence electrons. The average Bonchev–Trinajstić information content (AvgIpc) is 3.02. The van der Waals surface area contributed by atoms with E-state index in [9.17, 15) is 9.59 Å². The lowest BCUT2D eigenvalue weighted by molar-refractivity contribution is -0.118. The van der Waals surface area contributed by atoms with E-state index >= 15 is 0 Å². The second-order valence-electron chi connectivity index (χ2n) is 6.12. The Morgan fingerprint density at radius 2 is 1.85 bits per heavy atom. The summed E-state index contributed by atoms with van der Waals surface area (Å²) < 4.78 is 3.26. The van der Waals surface area contributed by atoms with Crippen LogP contribution in [-0.4, -0.2) is 40.4 Å². The third kappa shape index (κ3) is 7.06. The van der Waals surface area contributed by atoms with Crippen molar-refractivity contribution < 1.29 is 14.3 Å². The van der Waals surface area contributed by atoms with Crippen LogP contribution < -0.4 is 10.2 Å². The molecule has 2 atom stereocenters. The second-order valence-corrected chi connectivity index (χ2v) is 9.45. The SMILES string of the molecule is O=C(NC1CCCC1N(C(=O)CCCl)c1ccc(Cl)cc1)OCC(Cl)(Cl)Cl. The van der Waals surface area contributed by atoms with Crippen LogP contribution >= 0.6 is 58.0 Å². The van der Waals surface area contributed by atoms with Crippen molar-refractivity contribution in [2.75, 3.05) is 17.4 Å². The molecule has 0 bridgehead atoms. The number of hydrogen-bond donors (Lipinski definition) is 1. The lowest BCUT2D eigenvalue weighted by Gasteiger charge is -2.33. The van der Waals surface area contributed by atoms with Crippen LogP contribution in [0.4, 0.5) is 10.5 Å². The molecule has 10 heteroatoms. The van der Waals surface area contributed by atoms with E-state index in [1.807, 2.05) is 0 Å². The minimum absolute atomic E-state index is 0.124. The molecule has 5 nitrogen and oxygen atoms in total. The standard InChI is InChI=1S/C17H19Cl5N2O3/c18-9-8-15(25)24(12-6-4-11(19)5-7-12)14-3-1-2-13(14)23-16(26)27-10-17(20,21)22/h4-7,13-14H,1-3,8-10H2,(H,23,26). The molecular weight excluding hydrogens is 457 g/mol. The Hall–Kier alpha value is -0.590. The van der Waals surface area contributed by atoms with Gasteiger partial charge in [-0.1, -0.05) is 46.4 Å². The van der Waals surface area contributed by atoms with Crippen molar-refractivity contribution in [2.24, 2.45) is 0 Å². The van der Waals surface area contributed by atoms with Crippen LogP contribution in [0.1, 0.15) is 25.7 Å². The Morgan fingerprint density at radius 3 is 2.44 bits per heavy atom. The summed E-state index contributed by atoms with van der Waals surface area (Å²) in [6.07, 6.45) is 1.76. The Labute approximate surface area is 183 Å². The van der Waals surface area contributed by atoms with Crippen LogP contribution in [-0.2, 0) is 9.53 Å². The lowest BCUT2D eigenvalue weighted by Crippen LogP contribution is -2.51. The van der Waals surface area contributed by atoms with E-state index in [1.165, 1.54) is 0 Å². The van der Waals surface area contributed by atoms with Gasteiger partial charge in [-0.15, -0.1) is 11.6 Å². The first-order chi connectivity index (χ1) is 12.7. The van der Waals surface area contributed by atoms with Crippen LogP contribution in [0.3, 0.4) is 0 Å². The first-order valence-corrected chi connectivity index (χ1v) is 10.4. The fourth-order valence-electron chi connectivity index (χ4n) is 3.08. The number of alkyl halides is 4. The lowest BCUT2D eigenvalue weighted by atomic mass is 10.1. The van der Waals surface area contributed by atoms with E-state index in [0.29, 0.717) is 17.1 Å². The summed E-state index contributed by atoms with van der Waals surface area (Å²) >= 11 is 28.5. The first-order valence-electron chi connectivity index (χ1n) is 8.35. The first kappa shape index (κ1) is 22.7. The topological polar surface area (TPSA) is 58.6 Å². The Kier molecular flexibility index (Phi) is 8.63. The number of carbonyl (C=O) groups is 2. The van der Waals surface area contributed by atoms with E-state index in [1.54, 1.807) is 29.2 Å². The maximum absolute atomic E-state index is 12.7. The molecule has 0 heterocycles. The normalized spacial score (nSPS) is 19.6. The smallest absolute Gasteiger partial charge is 0.407 e. The largest absolute Gasteiger partial charge is 0.445 e. The Morgan fingerprint density at radius 1 is 1.19 bits per heavy atom. The van der Waals surface area contributed by atoms with E-state index in [0.717, 1.165) is 12.8 Å². The van der Waals surface area contributed by atoms with Crippen LogP contribution in [0.15, 0.2) is 24.3 Å². The molecule has 27 heavy (non-hydrogen) atoms. The highest BCUT2D eigenvalue weighted by Crippen LogP contribution is 2.31. The predicted octanol–water partition coefficient (Wildman–Crippen LogP) is 5.32. The zero-order valence-corrected chi connectivity index (χ0v) is 18.0. The van der Waals surface area contributed by atoms with Crippen LogP contribution in [0.5, 0.6) is 0 Å². The number of rotatable bonds is 6. The number of alkyl carbamates (subject to hydrolysis) is 1. The summed E-state index contributed by atoms with van der Waals surface area (Å²) in [5.41, 5.74) is 0.697. The van der Waals surface area contributed by atoms with Gasteiger partial charge in [-0.25, -0.2) is 4.79 Å². The van der Waals surface area contributed by atoms with Crippen LogP contribution in [0, 0.1) is 0 Å². The van der Waals surface area contributed by atoms with Gasteiger partial charge in [0, 0.05) is 23.0 Å². The summed E-state index contributed by atoms with van der Waals surface area (Å²) in [7, 11) is 0.